The highest BCUT2D eigenvalue weighted by molar-refractivity contribution is 5.58. The van der Waals surface area contributed by atoms with Crippen molar-refractivity contribution in [1.82, 2.24) is 8.97 Å². The van der Waals surface area contributed by atoms with Crippen molar-refractivity contribution in [3.8, 4) is 11.8 Å². The summed E-state index contributed by atoms with van der Waals surface area (Å²) in [5, 5.41) is 17.9. The molecule has 1 atom stereocenters. The minimum atomic E-state index is -4.61. The lowest BCUT2D eigenvalue weighted by Crippen LogP contribution is -2.29. The summed E-state index contributed by atoms with van der Waals surface area (Å²) in [7, 11) is 1.85. The Bertz CT molecular complexity index is 1400. The van der Waals surface area contributed by atoms with Gasteiger partial charge < -0.3 is 0 Å². The van der Waals surface area contributed by atoms with Crippen LogP contribution >= 0.6 is 0 Å². The normalized spacial score (nSPS) is 17.7. The van der Waals surface area contributed by atoms with E-state index in [1.165, 1.54) is 24.5 Å². The molecule has 3 heterocycles. The Labute approximate surface area is 186 Å². The van der Waals surface area contributed by atoms with Gasteiger partial charge >= 0.3 is 24.4 Å². The van der Waals surface area contributed by atoms with Gasteiger partial charge in [0.1, 0.15) is 0 Å². The average Bonchev–Trinajstić information content (AvgIpc) is 3.32. The summed E-state index contributed by atoms with van der Waals surface area (Å²) in [6, 6.07) is 9.26. The molecule has 2 aromatic heterocycles. The molecule has 1 saturated carbocycles. The molecule has 33 heavy (non-hydrogen) atoms. The number of aromatic nitrogens is 2. The molecule has 2 aliphatic rings. The van der Waals surface area contributed by atoms with E-state index < -0.39 is 17.4 Å². The first kappa shape index (κ1) is 21.1. The van der Waals surface area contributed by atoms with Crippen LogP contribution in [0.25, 0.3) is 11.2 Å². The van der Waals surface area contributed by atoms with Crippen molar-refractivity contribution < 1.29 is 17.7 Å². The monoisotopic (exact) mass is 452 g/mol. The predicted octanol–water partition coefficient (Wildman–Crippen LogP) is 4.49. The number of halogens is 3. The fourth-order valence-electron chi connectivity index (χ4n) is 4.53. The molecule has 3 aromatic rings. The lowest BCUT2D eigenvalue weighted by Gasteiger charge is -2.34. The number of nitrogens with zero attached hydrogens (tertiary/aromatic N) is 6. The van der Waals surface area contributed by atoms with Gasteiger partial charge in [0.15, 0.2) is 0 Å². The largest absolute Gasteiger partial charge is 0.418 e. The Morgan fingerprint density at radius 1 is 1.27 bits per heavy atom. The summed E-state index contributed by atoms with van der Waals surface area (Å²) < 4.78 is 44.4. The van der Waals surface area contributed by atoms with Crippen LogP contribution in [-0.2, 0) is 6.18 Å². The van der Waals surface area contributed by atoms with Crippen LogP contribution in [0.3, 0.4) is 0 Å². The van der Waals surface area contributed by atoms with E-state index in [-0.39, 0.29) is 11.4 Å². The molecule has 1 aliphatic heterocycles. The van der Waals surface area contributed by atoms with Crippen molar-refractivity contribution >= 4 is 11.9 Å². The van der Waals surface area contributed by atoms with Crippen LogP contribution in [0.4, 0.5) is 13.2 Å². The third kappa shape index (κ3) is 3.53. The molecule has 0 N–H and O–H groups in total. The highest BCUT2D eigenvalue weighted by Crippen LogP contribution is 2.46. The van der Waals surface area contributed by atoms with Gasteiger partial charge in [0.05, 0.1) is 46.5 Å². The third-order valence-corrected chi connectivity index (χ3v) is 6.35. The third-order valence-electron chi connectivity index (χ3n) is 6.35. The molecule has 1 fully saturated rings. The minimum absolute atomic E-state index is 0.142. The van der Waals surface area contributed by atoms with Crippen molar-refractivity contribution in [2.24, 2.45) is 16.1 Å². The molecule has 0 amide bonds. The second-order valence-corrected chi connectivity index (χ2v) is 8.35. The van der Waals surface area contributed by atoms with Gasteiger partial charge in [-0.05, 0) is 59.8 Å². The summed E-state index contributed by atoms with van der Waals surface area (Å²) in [4.78, 5) is 13.0. The molecule has 10 heteroatoms. The molecule has 1 radical (unpaired) electrons. The van der Waals surface area contributed by atoms with Crippen LogP contribution in [0, 0.1) is 23.4 Å². The van der Waals surface area contributed by atoms with Crippen LogP contribution in [0.1, 0.15) is 41.9 Å². The number of hydrogen-bond donors (Lipinski definition) is 0. The molecule has 5 rings (SSSR count). The number of rotatable bonds is 4. The van der Waals surface area contributed by atoms with Crippen LogP contribution in [0.2, 0.25) is 0 Å². The zero-order valence-corrected chi connectivity index (χ0v) is 17.6. The summed E-state index contributed by atoms with van der Waals surface area (Å²) in [5.41, 5.74) is -0.365. The second kappa shape index (κ2) is 7.69. The van der Waals surface area contributed by atoms with Crippen molar-refractivity contribution in [2.75, 3.05) is 7.05 Å². The van der Waals surface area contributed by atoms with E-state index >= 15 is 0 Å². The fraction of sp³-hybridized carbons (Fsp3) is 0.304. The molecule has 0 unspecified atom stereocenters. The maximum absolute atomic E-state index is 13.5. The molecular weight excluding hydrogens is 433 g/mol. The standard InChI is InChI=1S/C23H19F3N6O/c1-30-13-28-29-21(30)20(15-4-2-5-15)16-8-14(11-27)9-17(10-16)32-12-19-18(23(24,25)26)6-3-7-31(19)22(32)33/h3,6-10,12-13,15,20H,2,4-5H2,1H3/q+1/t20-/m1/s1. The molecule has 0 saturated heterocycles. The van der Waals surface area contributed by atoms with Gasteiger partial charge in [-0.2, -0.15) is 18.4 Å². The number of pyridine rings is 1. The zero-order chi connectivity index (χ0) is 23.3. The van der Waals surface area contributed by atoms with E-state index in [1.54, 1.807) is 18.5 Å². The molecule has 167 valence electrons. The van der Waals surface area contributed by atoms with Crippen molar-refractivity contribution in [2.45, 2.75) is 31.4 Å². The first-order valence-corrected chi connectivity index (χ1v) is 10.5. The lowest BCUT2D eigenvalue weighted by atomic mass is 9.71. The van der Waals surface area contributed by atoms with Crippen LogP contribution in [0.15, 0.2) is 57.7 Å². The zero-order valence-electron chi connectivity index (χ0n) is 17.6. The molecule has 1 aliphatic carbocycles. The smallest absolute Gasteiger partial charge is 0.267 e. The van der Waals surface area contributed by atoms with E-state index in [4.69, 9.17) is 0 Å². The first-order chi connectivity index (χ1) is 15.8. The van der Waals surface area contributed by atoms with E-state index in [0.29, 0.717) is 17.2 Å². The summed E-state index contributed by atoms with van der Waals surface area (Å²) in [5.74, 6) is 0.160. The molecule has 0 bridgehead atoms. The Hall–Kier alpha value is -3.74. The van der Waals surface area contributed by atoms with E-state index in [0.717, 1.165) is 46.0 Å². The van der Waals surface area contributed by atoms with E-state index in [9.17, 15) is 23.2 Å². The Balaban J connectivity index is 1.68. The van der Waals surface area contributed by atoms with Crippen LogP contribution in [0.5, 0.6) is 0 Å². The van der Waals surface area contributed by atoms with Crippen LogP contribution < -0.4 is 5.69 Å². The molecular formula is C23H19F3N6O+. The Kier molecular flexibility index (Phi) is 4.92. The highest BCUT2D eigenvalue weighted by Gasteiger charge is 2.42. The summed E-state index contributed by atoms with van der Waals surface area (Å²) >= 11 is 0. The number of hydrogen-bond acceptors (Lipinski definition) is 4. The van der Waals surface area contributed by atoms with Gasteiger partial charge in [-0.15, -0.1) is 0 Å². The van der Waals surface area contributed by atoms with Gasteiger partial charge in [-0.3, -0.25) is 8.97 Å². The van der Waals surface area contributed by atoms with Crippen molar-refractivity contribution in [3.05, 3.63) is 76.1 Å². The number of likely N-dealkylation sites (N-methyl/N-ethyl adjacent to an activating group) is 1. The number of alkyl halides is 3. The number of azo groups is 1. The number of nitriles is 1. The maximum Gasteiger partial charge on any atom is 0.418 e. The topological polar surface area (TPSA) is 77.9 Å². The van der Waals surface area contributed by atoms with Gasteiger partial charge in [-0.1, -0.05) is 6.42 Å². The minimum Gasteiger partial charge on any atom is -0.267 e. The predicted molar refractivity (Wildman–Crippen MR) is 113 cm³/mol. The van der Waals surface area contributed by atoms with E-state index in [2.05, 4.69) is 16.3 Å². The highest BCUT2D eigenvalue weighted by atomic mass is 19.4. The summed E-state index contributed by atoms with van der Waals surface area (Å²) in [6.07, 6.45) is 3.30. The SMILES string of the molecule is C[N+]1=CN=N[C]1[C@@H](c1cc(C#N)cc(-n2cc3c(C(F)(F)F)cccn3c2=O)c1)C1CCC1. The average molecular weight is 452 g/mol. The summed E-state index contributed by atoms with van der Waals surface area (Å²) in [6.45, 7) is 0. The first-order valence-electron chi connectivity index (χ1n) is 10.5. The van der Waals surface area contributed by atoms with Gasteiger partial charge in [0.2, 0.25) is 0 Å². The van der Waals surface area contributed by atoms with Gasteiger partial charge in [0.25, 0.3) is 0 Å². The Morgan fingerprint density at radius 3 is 2.67 bits per heavy atom. The van der Waals surface area contributed by atoms with Gasteiger partial charge in [-0.25, -0.2) is 9.37 Å². The second-order valence-electron chi connectivity index (χ2n) is 8.35. The molecule has 1 aromatic carbocycles. The number of benzene rings is 1. The van der Waals surface area contributed by atoms with Crippen molar-refractivity contribution in [1.29, 1.82) is 5.26 Å². The Morgan fingerprint density at radius 2 is 2.06 bits per heavy atom. The van der Waals surface area contributed by atoms with Crippen LogP contribution in [-0.4, -0.2) is 26.9 Å². The number of fused-ring (bicyclic) bond motifs is 1. The maximum atomic E-state index is 13.5. The van der Waals surface area contributed by atoms with Crippen molar-refractivity contribution in [3.63, 3.8) is 0 Å². The van der Waals surface area contributed by atoms with Gasteiger partial charge in [0, 0.05) is 12.4 Å². The lowest BCUT2D eigenvalue weighted by molar-refractivity contribution is -0.480. The molecule has 7 nitrogen and oxygen atoms in total. The quantitative estimate of drug-likeness (QED) is 0.547. The number of imidazole rings is 1. The fourth-order valence-corrected chi connectivity index (χ4v) is 4.53. The molecule has 0 spiro atoms. The van der Waals surface area contributed by atoms with E-state index in [1.807, 2.05) is 11.6 Å².